The van der Waals surface area contributed by atoms with Crippen molar-refractivity contribution in [2.45, 2.75) is 56.4 Å². The van der Waals surface area contributed by atoms with E-state index in [4.69, 9.17) is 0 Å². The highest BCUT2D eigenvalue weighted by Crippen LogP contribution is 2.28. The van der Waals surface area contributed by atoms with E-state index >= 15 is 0 Å². The molecule has 0 amide bonds. The first-order chi connectivity index (χ1) is 10.4. The molecule has 6 heteroatoms. The fourth-order valence-electron chi connectivity index (χ4n) is 2.29. The molecule has 2 aromatic heterocycles. The first-order valence-corrected chi connectivity index (χ1v) is 9.27. The fraction of sp³-hybridized carbons (Fsp3) is 0.500. The van der Waals surface area contributed by atoms with Crippen LogP contribution in [-0.4, -0.2) is 20.7 Å². The highest BCUT2D eigenvalue weighted by atomic mass is 32.2. The first kappa shape index (κ1) is 15.6. The van der Waals surface area contributed by atoms with E-state index in [0.29, 0.717) is 12.0 Å². The number of carbonyl (C=O) groups excluding carboxylic acids is 1. The molecule has 22 heavy (non-hydrogen) atoms. The number of thiazole rings is 1. The van der Waals surface area contributed by atoms with Crippen LogP contribution in [0.4, 0.5) is 0 Å². The third-order valence-corrected chi connectivity index (χ3v) is 5.51. The van der Waals surface area contributed by atoms with Gasteiger partial charge in [0.15, 0.2) is 10.9 Å². The summed E-state index contributed by atoms with van der Waals surface area (Å²) in [5.41, 5.74) is 2.83. The Balaban J connectivity index is 1.69. The van der Waals surface area contributed by atoms with Gasteiger partial charge in [-0.3, -0.25) is 4.79 Å². The Kier molecular flexibility index (Phi) is 4.32. The molecule has 1 aliphatic rings. The normalized spacial score (nSPS) is 15.0. The Hall–Kier alpha value is -1.27. The average Bonchev–Trinajstić information content (AvgIpc) is 2.94. The van der Waals surface area contributed by atoms with Crippen molar-refractivity contribution in [3.63, 3.8) is 0 Å². The maximum absolute atomic E-state index is 11.8. The number of aryl methyl sites for hydroxylation is 1. The molecular weight excluding hydrogens is 314 g/mol. The molecule has 2 heterocycles. The second-order valence-corrected chi connectivity index (χ2v) is 8.34. The lowest BCUT2D eigenvalue weighted by Crippen LogP contribution is -2.13. The summed E-state index contributed by atoms with van der Waals surface area (Å²) in [6.45, 7) is 6.51. The quantitative estimate of drug-likeness (QED) is 0.627. The summed E-state index contributed by atoms with van der Waals surface area (Å²) in [7, 11) is 0. The van der Waals surface area contributed by atoms with Crippen molar-refractivity contribution in [2.75, 3.05) is 0 Å². The summed E-state index contributed by atoms with van der Waals surface area (Å²) in [5.74, 6) is 0.945. The SMILES string of the molecule is CC(C)(C)c1csc(CSc2ncc3c(n2)CCCC3=O)n1. The number of carbonyl (C=O) groups is 1. The number of ketones is 1. The molecule has 0 aliphatic heterocycles. The van der Waals surface area contributed by atoms with Gasteiger partial charge < -0.3 is 0 Å². The van der Waals surface area contributed by atoms with Gasteiger partial charge in [0, 0.05) is 23.4 Å². The van der Waals surface area contributed by atoms with Crippen LogP contribution in [0, 0.1) is 0 Å². The van der Waals surface area contributed by atoms with Crippen LogP contribution in [-0.2, 0) is 17.6 Å². The van der Waals surface area contributed by atoms with Crippen molar-refractivity contribution >= 4 is 28.9 Å². The second-order valence-electron chi connectivity index (χ2n) is 6.45. The highest BCUT2D eigenvalue weighted by Gasteiger charge is 2.20. The van der Waals surface area contributed by atoms with Gasteiger partial charge in [0.05, 0.1) is 22.7 Å². The van der Waals surface area contributed by atoms with Gasteiger partial charge in [-0.2, -0.15) is 0 Å². The van der Waals surface area contributed by atoms with Crippen LogP contribution in [0.25, 0.3) is 0 Å². The number of nitrogens with zero attached hydrogens (tertiary/aromatic N) is 3. The van der Waals surface area contributed by atoms with Gasteiger partial charge in [0.25, 0.3) is 0 Å². The monoisotopic (exact) mass is 333 g/mol. The van der Waals surface area contributed by atoms with Gasteiger partial charge in [-0.15, -0.1) is 11.3 Å². The van der Waals surface area contributed by atoms with E-state index in [2.05, 4.69) is 41.1 Å². The van der Waals surface area contributed by atoms with Crippen molar-refractivity contribution in [2.24, 2.45) is 0 Å². The second kappa shape index (κ2) is 6.08. The topological polar surface area (TPSA) is 55.7 Å². The van der Waals surface area contributed by atoms with Gasteiger partial charge >= 0.3 is 0 Å². The number of aromatic nitrogens is 3. The lowest BCUT2D eigenvalue weighted by Gasteiger charge is -2.14. The predicted octanol–water partition coefficient (Wildman–Crippen LogP) is 4.04. The Labute approximate surface area is 138 Å². The van der Waals surface area contributed by atoms with Crippen LogP contribution in [0.3, 0.4) is 0 Å². The van der Waals surface area contributed by atoms with E-state index in [1.807, 2.05) is 0 Å². The van der Waals surface area contributed by atoms with Crippen LogP contribution in [0.1, 0.15) is 60.4 Å². The molecule has 0 unspecified atom stereocenters. The minimum atomic E-state index is 0.0854. The van der Waals surface area contributed by atoms with Gasteiger partial charge in [0.2, 0.25) is 0 Å². The van der Waals surface area contributed by atoms with Crippen LogP contribution in [0.15, 0.2) is 16.7 Å². The molecular formula is C16H19N3OS2. The zero-order valence-corrected chi connectivity index (χ0v) is 14.7. The Bertz CT molecular complexity index is 704. The van der Waals surface area contributed by atoms with E-state index in [1.165, 1.54) is 0 Å². The molecule has 4 nitrogen and oxygen atoms in total. The van der Waals surface area contributed by atoms with Gasteiger partial charge in [-0.1, -0.05) is 32.5 Å². The number of fused-ring (bicyclic) bond motifs is 1. The molecule has 0 saturated carbocycles. The van der Waals surface area contributed by atoms with Crippen molar-refractivity contribution in [3.05, 3.63) is 33.5 Å². The average molecular weight is 333 g/mol. The number of hydrogen-bond donors (Lipinski definition) is 0. The maximum atomic E-state index is 11.8. The molecule has 2 aromatic rings. The third kappa shape index (κ3) is 3.38. The largest absolute Gasteiger partial charge is 0.294 e. The summed E-state index contributed by atoms with van der Waals surface area (Å²) < 4.78 is 0. The van der Waals surface area contributed by atoms with Gasteiger partial charge in [-0.25, -0.2) is 15.0 Å². The summed E-state index contributed by atoms with van der Waals surface area (Å²) in [6.07, 6.45) is 4.09. The molecule has 0 spiro atoms. The zero-order chi connectivity index (χ0) is 15.7. The summed E-state index contributed by atoms with van der Waals surface area (Å²) >= 11 is 3.27. The number of thioether (sulfide) groups is 1. The first-order valence-electron chi connectivity index (χ1n) is 7.40. The number of hydrogen-bond acceptors (Lipinski definition) is 6. The summed E-state index contributed by atoms with van der Waals surface area (Å²) in [5, 5.41) is 3.95. The molecule has 116 valence electrons. The van der Waals surface area contributed by atoms with E-state index in [-0.39, 0.29) is 11.2 Å². The third-order valence-electron chi connectivity index (χ3n) is 3.61. The number of rotatable bonds is 3. The fourth-order valence-corrected chi connectivity index (χ4v) is 4.16. The smallest absolute Gasteiger partial charge is 0.188 e. The van der Waals surface area contributed by atoms with Crippen LogP contribution < -0.4 is 0 Å². The minimum absolute atomic E-state index is 0.0854. The lowest BCUT2D eigenvalue weighted by molar-refractivity contribution is 0.0970. The van der Waals surface area contributed by atoms with Crippen LogP contribution in [0.2, 0.25) is 0 Å². The Morgan fingerprint density at radius 3 is 2.82 bits per heavy atom. The van der Waals surface area contributed by atoms with E-state index in [0.717, 1.165) is 40.1 Å². The summed E-state index contributed by atoms with van der Waals surface area (Å²) in [6, 6.07) is 0. The standard InChI is InChI=1S/C16H19N3OS2/c1-16(2,3)13-8-21-14(19-13)9-22-15-17-7-10-11(18-15)5-4-6-12(10)20/h7-8H,4-6,9H2,1-3H3. The van der Waals surface area contributed by atoms with Crippen LogP contribution in [0.5, 0.6) is 0 Å². The molecule has 0 N–H and O–H groups in total. The number of Topliss-reactive ketones (excluding diaryl/α,β-unsaturated/α-hetero) is 1. The van der Waals surface area contributed by atoms with Crippen molar-refractivity contribution in [3.8, 4) is 0 Å². The lowest BCUT2D eigenvalue weighted by atomic mass is 9.93. The Morgan fingerprint density at radius 1 is 1.27 bits per heavy atom. The Morgan fingerprint density at radius 2 is 2.09 bits per heavy atom. The highest BCUT2D eigenvalue weighted by molar-refractivity contribution is 7.98. The van der Waals surface area contributed by atoms with Crippen LogP contribution >= 0.6 is 23.1 Å². The van der Waals surface area contributed by atoms with E-state index in [9.17, 15) is 4.79 Å². The molecule has 1 aliphatic carbocycles. The maximum Gasteiger partial charge on any atom is 0.188 e. The van der Waals surface area contributed by atoms with E-state index in [1.54, 1.807) is 29.3 Å². The molecule has 0 atom stereocenters. The molecule has 0 radical (unpaired) electrons. The van der Waals surface area contributed by atoms with Crippen molar-refractivity contribution in [1.82, 2.24) is 15.0 Å². The predicted molar refractivity (Wildman–Crippen MR) is 89.7 cm³/mol. The summed E-state index contributed by atoms with van der Waals surface area (Å²) in [4.78, 5) is 25.3. The zero-order valence-electron chi connectivity index (χ0n) is 13.0. The minimum Gasteiger partial charge on any atom is -0.294 e. The molecule has 0 bridgehead atoms. The van der Waals surface area contributed by atoms with Gasteiger partial charge in [-0.05, 0) is 12.8 Å². The van der Waals surface area contributed by atoms with E-state index < -0.39 is 0 Å². The molecule has 0 saturated heterocycles. The molecule has 0 aromatic carbocycles. The van der Waals surface area contributed by atoms with Crippen molar-refractivity contribution < 1.29 is 4.79 Å². The van der Waals surface area contributed by atoms with Crippen molar-refractivity contribution in [1.29, 1.82) is 0 Å². The molecule has 3 rings (SSSR count). The van der Waals surface area contributed by atoms with Gasteiger partial charge in [0.1, 0.15) is 5.01 Å². The molecule has 0 fully saturated rings.